The van der Waals surface area contributed by atoms with Gasteiger partial charge in [-0.2, -0.15) is 0 Å². The largest absolute Gasteiger partial charge is 0.354 e. The minimum absolute atomic E-state index is 0.710. The zero-order valence-electron chi connectivity index (χ0n) is 14.4. The minimum atomic E-state index is 0.710. The van der Waals surface area contributed by atoms with E-state index in [1.54, 1.807) is 0 Å². The molecule has 0 atom stereocenters. The Balaban J connectivity index is 1.08. The first-order chi connectivity index (χ1) is 12.3. The molecule has 2 aromatic rings. The molecule has 0 unspecified atom stereocenters. The Morgan fingerprint density at radius 2 is 1.88 bits per heavy atom. The quantitative estimate of drug-likeness (QED) is 0.814. The fourth-order valence-corrected chi connectivity index (χ4v) is 4.83. The van der Waals surface area contributed by atoms with Crippen LogP contribution in [0.25, 0.3) is 0 Å². The molecule has 0 aromatic carbocycles. The third kappa shape index (κ3) is 3.41. The number of likely N-dealkylation sites (tertiary alicyclic amines) is 1. The highest BCUT2D eigenvalue weighted by atomic mass is 32.1. The predicted octanol–water partition coefficient (Wildman–Crippen LogP) is 1.82. The van der Waals surface area contributed by atoms with Crippen LogP contribution >= 0.6 is 11.3 Å². The summed E-state index contributed by atoms with van der Waals surface area (Å²) in [6.07, 6.45) is 4.50. The molecule has 1 aliphatic carbocycles. The average molecular weight is 356 g/mol. The van der Waals surface area contributed by atoms with E-state index in [1.807, 2.05) is 23.6 Å². The lowest BCUT2D eigenvalue weighted by Crippen LogP contribution is -2.62. The molecule has 5 rings (SSSR count). The minimum Gasteiger partial charge on any atom is -0.354 e. The molecule has 25 heavy (non-hydrogen) atoms. The average Bonchev–Trinajstić information content (AvgIpc) is 3.38. The molecule has 0 spiro atoms. The molecule has 7 heteroatoms. The van der Waals surface area contributed by atoms with Gasteiger partial charge in [0.1, 0.15) is 15.8 Å². The number of piperazine rings is 1. The van der Waals surface area contributed by atoms with E-state index in [4.69, 9.17) is 0 Å². The number of nitrogens with zero attached hydrogens (tertiary/aromatic N) is 6. The van der Waals surface area contributed by atoms with Gasteiger partial charge in [-0.25, -0.2) is 4.98 Å². The number of anilines is 1. The Hall–Kier alpha value is -1.57. The van der Waals surface area contributed by atoms with E-state index in [0.717, 1.165) is 44.5 Å². The fraction of sp³-hybridized carbons (Fsp3) is 0.611. The third-order valence-electron chi connectivity index (χ3n) is 5.51. The van der Waals surface area contributed by atoms with Crippen molar-refractivity contribution in [3.8, 4) is 0 Å². The van der Waals surface area contributed by atoms with Crippen LogP contribution in [0.2, 0.25) is 0 Å². The Morgan fingerprint density at radius 3 is 2.60 bits per heavy atom. The summed E-state index contributed by atoms with van der Waals surface area (Å²) < 4.78 is 0. The summed E-state index contributed by atoms with van der Waals surface area (Å²) in [5.41, 5.74) is 0. The lowest BCUT2D eigenvalue weighted by atomic mass is 10.1. The summed E-state index contributed by atoms with van der Waals surface area (Å²) in [5.74, 6) is 1.84. The van der Waals surface area contributed by atoms with Gasteiger partial charge in [-0.1, -0.05) is 17.4 Å². The third-order valence-corrected chi connectivity index (χ3v) is 6.58. The highest BCUT2D eigenvalue weighted by molar-refractivity contribution is 7.11. The number of pyridine rings is 1. The normalized spacial score (nSPS) is 23.0. The first-order valence-electron chi connectivity index (χ1n) is 9.30. The second-order valence-corrected chi connectivity index (χ2v) is 8.46. The molecule has 2 aromatic heterocycles. The smallest absolute Gasteiger partial charge is 0.131 e. The molecule has 0 amide bonds. The van der Waals surface area contributed by atoms with Gasteiger partial charge >= 0.3 is 0 Å². The Labute approximate surface area is 152 Å². The summed E-state index contributed by atoms with van der Waals surface area (Å²) in [4.78, 5) is 12.0. The van der Waals surface area contributed by atoms with E-state index >= 15 is 0 Å². The number of hydrogen-bond acceptors (Lipinski definition) is 7. The zero-order valence-corrected chi connectivity index (χ0v) is 15.2. The second-order valence-electron chi connectivity index (χ2n) is 7.37. The molecule has 2 aliphatic heterocycles. The molecule has 132 valence electrons. The van der Waals surface area contributed by atoms with Crippen molar-refractivity contribution in [1.82, 2.24) is 25.0 Å². The first-order valence-corrected chi connectivity index (χ1v) is 10.1. The summed E-state index contributed by atoms with van der Waals surface area (Å²) in [5, 5.41) is 11.2. The van der Waals surface area contributed by atoms with E-state index in [9.17, 15) is 0 Å². The van der Waals surface area contributed by atoms with Gasteiger partial charge in [0, 0.05) is 57.4 Å². The summed E-state index contributed by atoms with van der Waals surface area (Å²) in [7, 11) is 0. The summed E-state index contributed by atoms with van der Waals surface area (Å²) in [6.45, 7) is 7.75. The maximum absolute atomic E-state index is 4.47. The number of rotatable bonds is 5. The maximum Gasteiger partial charge on any atom is 0.131 e. The monoisotopic (exact) mass is 356 g/mol. The van der Waals surface area contributed by atoms with E-state index in [-0.39, 0.29) is 0 Å². The topological polar surface area (TPSA) is 48.4 Å². The van der Waals surface area contributed by atoms with Crippen LogP contribution in [0.4, 0.5) is 5.82 Å². The number of aromatic nitrogens is 3. The highest BCUT2D eigenvalue weighted by Gasteiger charge is 2.34. The Kier molecular flexibility index (Phi) is 4.15. The molecule has 6 nitrogen and oxygen atoms in total. The van der Waals surface area contributed by atoms with Gasteiger partial charge < -0.3 is 4.90 Å². The van der Waals surface area contributed by atoms with Crippen molar-refractivity contribution in [3.63, 3.8) is 0 Å². The highest BCUT2D eigenvalue weighted by Crippen LogP contribution is 2.41. The summed E-state index contributed by atoms with van der Waals surface area (Å²) in [6, 6.07) is 6.87. The van der Waals surface area contributed by atoms with E-state index in [2.05, 4.69) is 42.0 Å². The van der Waals surface area contributed by atoms with E-state index < -0.39 is 0 Å². The van der Waals surface area contributed by atoms with Gasteiger partial charge in [-0.3, -0.25) is 9.80 Å². The predicted molar refractivity (Wildman–Crippen MR) is 99.0 cm³/mol. The molecule has 4 heterocycles. The molecular formula is C18H24N6S. The maximum atomic E-state index is 4.47. The van der Waals surface area contributed by atoms with Gasteiger partial charge in [-0.05, 0) is 25.0 Å². The summed E-state index contributed by atoms with van der Waals surface area (Å²) >= 11 is 1.82. The van der Waals surface area contributed by atoms with Gasteiger partial charge in [0.15, 0.2) is 0 Å². The van der Waals surface area contributed by atoms with E-state index in [0.29, 0.717) is 6.04 Å². The van der Waals surface area contributed by atoms with Crippen molar-refractivity contribution in [2.75, 3.05) is 44.2 Å². The molecule has 0 bridgehead atoms. The molecule has 3 aliphatic rings. The van der Waals surface area contributed by atoms with Crippen molar-refractivity contribution < 1.29 is 0 Å². The van der Waals surface area contributed by atoms with Crippen LogP contribution in [0.3, 0.4) is 0 Å². The fourth-order valence-electron chi connectivity index (χ4n) is 3.78. The van der Waals surface area contributed by atoms with Crippen LogP contribution < -0.4 is 4.90 Å². The molecule has 1 saturated carbocycles. The van der Waals surface area contributed by atoms with Crippen molar-refractivity contribution in [2.24, 2.45) is 0 Å². The number of hydrogen-bond donors (Lipinski definition) is 0. The molecule has 3 fully saturated rings. The molecule has 2 saturated heterocycles. The van der Waals surface area contributed by atoms with Crippen LogP contribution in [-0.4, -0.2) is 70.3 Å². The van der Waals surface area contributed by atoms with Crippen molar-refractivity contribution in [3.05, 3.63) is 34.4 Å². The molecule has 0 radical (unpaired) electrons. The van der Waals surface area contributed by atoms with Crippen molar-refractivity contribution in [2.45, 2.75) is 31.3 Å². The molecule has 0 N–H and O–H groups in total. The Bertz CT molecular complexity index is 701. The van der Waals surface area contributed by atoms with Gasteiger partial charge in [0.05, 0.1) is 6.54 Å². The van der Waals surface area contributed by atoms with Crippen molar-refractivity contribution in [1.29, 1.82) is 0 Å². The lowest BCUT2D eigenvalue weighted by molar-refractivity contribution is 0.0254. The standard InChI is InChI=1S/C18H24N6S/c1-2-6-19-16(3-1)24-9-7-23(8-10-24)15-11-22(12-15)13-17-20-21-18(25-17)14-4-5-14/h1-3,6,14-15H,4-5,7-13H2. The first kappa shape index (κ1) is 15.7. The zero-order chi connectivity index (χ0) is 16.6. The lowest BCUT2D eigenvalue weighted by Gasteiger charge is -2.48. The van der Waals surface area contributed by atoms with E-state index in [1.165, 1.54) is 35.9 Å². The van der Waals surface area contributed by atoms with Gasteiger partial charge in [0.2, 0.25) is 0 Å². The van der Waals surface area contributed by atoms with Crippen molar-refractivity contribution >= 4 is 17.2 Å². The van der Waals surface area contributed by atoms with Crippen LogP contribution in [0.1, 0.15) is 28.8 Å². The van der Waals surface area contributed by atoms with Crippen LogP contribution in [0.5, 0.6) is 0 Å². The molecular weight excluding hydrogens is 332 g/mol. The SMILES string of the molecule is c1ccc(N2CCN(C3CN(Cc4nnc(C5CC5)s4)C3)CC2)nc1. The second kappa shape index (κ2) is 6.63. The van der Waals surface area contributed by atoms with Crippen LogP contribution in [-0.2, 0) is 6.54 Å². The van der Waals surface area contributed by atoms with Gasteiger partial charge in [0.25, 0.3) is 0 Å². The van der Waals surface area contributed by atoms with Crippen LogP contribution in [0.15, 0.2) is 24.4 Å². The van der Waals surface area contributed by atoms with Crippen LogP contribution in [0, 0.1) is 0 Å². The Morgan fingerprint density at radius 1 is 1.04 bits per heavy atom. The van der Waals surface area contributed by atoms with Gasteiger partial charge in [-0.15, -0.1) is 10.2 Å².